The number of quaternary nitrogens is 1. The second-order valence-electron chi connectivity index (χ2n) is 18.2. The number of aliphatic hydroxyl groups excluding tert-OH is 8. The van der Waals surface area contributed by atoms with Crippen LogP contribution in [-0.4, -0.2) is 168 Å². The van der Waals surface area contributed by atoms with Crippen molar-refractivity contribution in [1.82, 2.24) is 0 Å². The van der Waals surface area contributed by atoms with Crippen LogP contribution in [0.15, 0.2) is 18.2 Å². The van der Waals surface area contributed by atoms with Gasteiger partial charge in [-0.1, -0.05) is 103 Å². The van der Waals surface area contributed by atoms with E-state index in [1.807, 2.05) is 6.07 Å². The standard InChI is InChI=1S/C46H84NO14/c1-47(2,3)31-34-28-35(56-24-20-16-12-8-4-6-10-14-18-22-26-58-45-43(54)41(52)39(50)37(32-48)60-45)30-36(29-34)57-25-21-17-13-9-5-7-11-15-19-23-27-59-46-44(55)42(53)40(51)38(33-49)61-46/h28-30,37-46,48-55H,4-27,31-33H2,1-3H3/q+1/t37-,38-,39-,40-,41+,42+,43-,44-,45-,46-/m1/s1. The summed E-state index contributed by atoms with van der Waals surface area (Å²) in [4.78, 5) is 0. The van der Waals surface area contributed by atoms with Gasteiger partial charge in [0.15, 0.2) is 12.6 Å². The number of hydrogen-bond acceptors (Lipinski definition) is 14. The zero-order chi connectivity index (χ0) is 44.5. The maximum Gasteiger partial charge on any atom is 0.186 e. The molecular formula is C46H84NO14+. The van der Waals surface area contributed by atoms with Gasteiger partial charge in [-0.3, -0.25) is 0 Å². The van der Waals surface area contributed by atoms with Gasteiger partial charge < -0.3 is 73.8 Å². The molecule has 0 unspecified atom stereocenters. The Hall–Kier alpha value is -1.70. The topological polar surface area (TPSA) is 217 Å². The highest BCUT2D eigenvalue weighted by Crippen LogP contribution is 2.27. The van der Waals surface area contributed by atoms with Crippen molar-refractivity contribution >= 4 is 0 Å². The van der Waals surface area contributed by atoms with Gasteiger partial charge in [0.1, 0.15) is 66.9 Å². The lowest BCUT2D eigenvalue weighted by atomic mass is 9.99. The van der Waals surface area contributed by atoms with Crippen molar-refractivity contribution in [2.24, 2.45) is 0 Å². The van der Waals surface area contributed by atoms with E-state index < -0.39 is 74.6 Å². The monoisotopic (exact) mass is 875 g/mol. The summed E-state index contributed by atoms with van der Waals surface area (Å²) in [5.74, 6) is 1.75. The zero-order valence-corrected chi connectivity index (χ0v) is 37.6. The van der Waals surface area contributed by atoms with Crippen molar-refractivity contribution in [1.29, 1.82) is 0 Å². The molecule has 0 amide bonds. The molecule has 0 aromatic heterocycles. The number of rotatable bonds is 34. The number of unbranched alkanes of at least 4 members (excludes halogenated alkanes) is 18. The fraction of sp³-hybridized carbons (Fsp3) is 0.870. The number of hydrogen-bond donors (Lipinski definition) is 8. The summed E-state index contributed by atoms with van der Waals surface area (Å²) in [6.07, 6.45) is 9.94. The molecule has 0 aliphatic carbocycles. The van der Waals surface area contributed by atoms with Gasteiger partial charge in [0, 0.05) is 24.8 Å². The van der Waals surface area contributed by atoms with Gasteiger partial charge >= 0.3 is 0 Å². The molecule has 8 N–H and O–H groups in total. The molecular weight excluding hydrogens is 790 g/mol. The van der Waals surface area contributed by atoms with Crippen LogP contribution in [0.2, 0.25) is 0 Å². The molecule has 2 aliphatic rings. The first-order valence-corrected chi connectivity index (χ1v) is 23.4. The van der Waals surface area contributed by atoms with Gasteiger partial charge in [0.25, 0.3) is 0 Å². The first kappa shape index (κ1) is 53.6. The minimum Gasteiger partial charge on any atom is -0.493 e. The Morgan fingerprint density at radius 3 is 1.05 bits per heavy atom. The van der Waals surface area contributed by atoms with Crippen LogP contribution in [0.25, 0.3) is 0 Å². The quantitative estimate of drug-likeness (QED) is 0.0362. The molecule has 1 aromatic carbocycles. The molecule has 3 rings (SSSR count). The average Bonchev–Trinajstić information content (AvgIpc) is 3.23. The minimum absolute atomic E-state index is 0.383. The van der Waals surface area contributed by atoms with Gasteiger partial charge in [-0.15, -0.1) is 0 Å². The summed E-state index contributed by atoms with van der Waals surface area (Å²) in [6, 6.07) is 6.33. The van der Waals surface area contributed by atoms with Gasteiger partial charge in [-0.05, 0) is 37.8 Å². The Bertz CT molecular complexity index is 1170. The predicted molar refractivity (Wildman–Crippen MR) is 231 cm³/mol. The maximum atomic E-state index is 10.1. The largest absolute Gasteiger partial charge is 0.493 e. The van der Waals surface area contributed by atoms with Crippen molar-refractivity contribution in [3.05, 3.63) is 23.8 Å². The lowest BCUT2D eigenvalue weighted by Crippen LogP contribution is -2.59. The van der Waals surface area contributed by atoms with Crippen molar-refractivity contribution in [2.45, 2.75) is 196 Å². The Balaban J connectivity index is 1.16. The van der Waals surface area contributed by atoms with Crippen molar-refractivity contribution in [3.63, 3.8) is 0 Å². The molecule has 2 heterocycles. The summed E-state index contributed by atoms with van der Waals surface area (Å²) in [5.41, 5.74) is 1.21. The highest BCUT2D eigenvalue weighted by Gasteiger charge is 2.45. The first-order chi connectivity index (χ1) is 29.3. The summed E-state index contributed by atoms with van der Waals surface area (Å²) in [7, 11) is 6.56. The fourth-order valence-corrected chi connectivity index (χ4v) is 7.86. The SMILES string of the molecule is C[N+](C)(C)Cc1cc(OCCCCCCCCCCCCO[C@@H]2O[C@H](CO)[C@@H](O)[C@H](O)[C@H]2O)cc(OCCCCCCCCCCCCO[C@@H]2O[C@H](CO)[C@@H](O)[C@H](O)[C@H]2O)c1. The van der Waals surface area contributed by atoms with E-state index >= 15 is 0 Å². The minimum atomic E-state index is -1.41. The summed E-state index contributed by atoms with van der Waals surface area (Å²) in [5, 5.41) is 78.2. The zero-order valence-electron chi connectivity index (χ0n) is 37.6. The number of ether oxygens (including phenoxy) is 6. The first-order valence-electron chi connectivity index (χ1n) is 23.4. The van der Waals surface area contributed by atoms with Gasteiger partial charge in [0.2, 0.25) is 0 Å². The molecule has 61 heavy (non-hydrogen) atoms. The van der Waals surface area contributed by atoms with E-state index in [1.54, 1.807) is 0 Å². The predicted octanol–water partition coefficient (Wildman–Crippen LogP) is 4.09. The third kappa shape index (κ3) is 21.2. The Kier molecular flexibility index (Phi) is 26.8. The van der Waals surface area contributed by atoms with Crippen LogP contribution < -0.4 is 9.47 Å². The van der Waals surface area contributed by atoms with Crippen molar-refractivity contribution in [3.8, 4) is 11.5 Å². The van der Waals surface area contributed by atoms with E-state index in [0.29, 0.717) is 26.4 Å². The molecule has 2 fully saturated rings. The van der Waals surface area contributed by atoms with Crippen LogP contribution >= 0.6 is 0 Å². The maximum absolute atomic E-state index is 10.1. The van der Waals surface area contributed by atoms with Crippen LogP contribution in [-0.2, 0) is 25.5 Å². The van der Waals surface area contributed by atoms with Crippen molar-refractivity contribution < 1.29 is 73.8 Å². The number of aliphatic hydroxyl groups is 8. The highest BCUT2D eigenvalue weighted by molar-refractivity contribution is 5.38. The normalized spacial score (nSPS) is 27.1. The Morgan fingerprint density at radius 1 is 0.426 bits per heavy atom. The highest BCUT2D eigenvalue weighted by atomic mass is 16.7. The molecule has 2 aliphatic heterocycles. The van der Waals surface area contributed by atoms with Crippen LogP contribution in [0, 0.1) is 0 Å². The van der Waals surface area contributed by atoms with Crippen LogP contribution in [0.1, 0.15) is 134 Å². The van der Waals surface area contributed by atoms with E-state index in [2.05, 4.69) is 33.3 Å². The molecule has 356 valence electrons. The number of benzene rings is 1. The molecule has 0 bridgehead atoms. The Labute approximate surface area is 365 Å². The van der Waals surface area contributed by atoms with Crippen LogP contribution in [0.4, 0.5) is 0 Å². The van der Waals surface area contributed by atoms with Crippen molar-refractivity contribution in [2.75, 3.05) is 60.8 Å². The van der Waals surface area contributed by atoms with E-state index in [4.69, 9.17) is 28.4 Å². The average molecular weight is 875 g/mol. The number of nitrogens with zero attached hydrogens (tertiary/aromatic N) is 1. The van der Waals surface area contributed by atoms with Gasteiger partial charge in [-0.2, -0.15) is 0 Å². The van der Waals surface area contributed by atoms with E-state index in [-0.39, 0.29) is 0 Å². The third-order valence-electron chi connectivity index (χ3n) is 11.5. The smallest absolute Gasteiger partial charge is 0.186 e. The second kappa shape index (κ2) is 30.4. The second-order valence-corrected chi connectivity index (χ2v) is 18.2. The van der Waals surface area contributed by atoms with Gasteiger partial charge in [-0.25, -0.2) is 0 Å². The lowest BCUT2D eigenvalue weighted by molar-refractivity contribution is -0.884. The molecule has 15 nitrogen and oxygen atoms in total. The molecule has 0 radical (unpaired) electrons. The molecule has 15 heteroatoms. The van der Waals surface area contributed by atoms with Crippen LogP contribution in [0.5, 0.6) is 11.5 Å². The summed E-state index contributed by atoms with van der Waals surface area (Å²) < 4.78 is 35.2. The molecule has 1 aromatic rings. The molecule has 0 saturated carbocycles. The summed E-state index contributed by atoms with van der Waals surface area (Å²) in [6.45, 7) is 2.13. The van der Waals surface area contributed by atoms with Crippen LogP contribution in [0.3, 0.4) is 0 Å². The third-order valence-corrected chi connectivity index (χ3v) is 11.5. The Morgan fingerprint density at radius 2 is 0.738 bits per heavy atom. The summed E-state index contributed by atoms with van der Waals surface area (Å²) >= 11 is 0. The van der Waals surface area contributed by atoms with E-state index in [1.165, 1.54) is 69.8 Å². The molecule has 10 atom stereocenters. The van der Waals surface area contributed by atoms with E-state index in [9.17, 15) is 40.9 Å². The fourth-order valence-electron chi connectivity index (χ4n) is 7.86. The molecule has 2 saturated heterocycles. The molecule has 0 spiro atoms. The van der Waals surface area contributed by atoms with E-state index in [0.717, 1.165) is 86.7 Å². The van der Waals surface area contributed by atoms with Gasteiger partial charge in [0.05, 0.1) is 47.6 Å². The lowest BCUT2D eigenvalue weighted by Gasteiger charge is -2.39.